The molecule has 2 aromatic carbocycles. The van der Waals surface area contributed by atoms with Gasteiger partial charge in [0, 0.05) is 16.4 Å². The molecule has 6 heteroatoms. The number of benzene rings is 2. The first-order valence-electron chi connectivity index (χ1n) is 7.59. The second kappa shape index (κ2) is 7.68. The Morgan fingerprint density at radius 1 is 0.880 bits per heavy atom. The molecule has 0 spiro atoms. The number of amides is 2. The highest BCUT2D eigenvalue weighted by atomic mass is 35.5. The predicted octanol–water partition coefficient (Wildman–Crippen LogP) is 4.37. The van der Waals surface area contributed by atoms with Gasteiger partial charge in [-0.1, -0.05) is 23.7 Å². The van der Waals surface area contributed by atoms with Gasteiger partial charge in [-0.3, -0.25) is 9.59 Å². The Kier molecular flexibility index (Phi) is 5.16. The Balaban J connectivity index is 1.56. The van der Waals surface area contributed by atoms with Gasteiger partial charge in [-0.25, -0.2) is 0 Å². The van der Waals surface area contributed by atoms with Gasteiger partial charge in [-0.15, -0.1) is 0 Å². The summed E-state index contributed by atoms with van der Waals surface area (Å²) in [6.45, 7) is 0. The van der Waals surface area contributed by atoms with Crippen molar-refractivity contribution in [1.82, 2.24) is 0 Å². The molecular weight excluding hydrogens is 340 g/mol. The molecule has 3 rings (SSSR count). The molecular formula is C19H15ClN2O3. The quantitative estimate of drug-likeness (QED) is 0.714. The summed E-state index contributed by atoms with van der Waals surface area (Å²) in [5, 5.41) is 6.16. The van der Waals surface area contributed by atoms with E-state index < -0.39 is 0 Å². The molecule has 5 nitrogen and oxygen atoms in total. The van der Waals surface area contributed by atoms with Crippen molar-refractivity contribution in [1.29, 1.82) is 0 Å². The molecule has 0 aliphatic heterocycles. The van der Waals surface area contributed by atoms with Crippen LogP contribution in [0.15, 0.2) is 71.3 Å². The fraction of sp³-hybridized carbons (Fsp3) is 0.0526. The Hall–Kier alpha value is -3.05. The Labute approximate surface area is 149 Å². The maximum absolute atomic E-state index is 12.1. The van der Waals surface area contributed by atoms with Gasteiger partial charge < -0.3 is 15.1 Å². The lowest BCUT2D eigenvalue weighted by Crippen LogP contribution is -2.14. The largest absolute Gasteiger partial charge is 0.459 e. The Morgan fingerprint density at radius 2 is 1.52 bits per heavy atom. The van der Waals surface area contributed by atoms with Crippen LogP contribution in [0.3, 0.4) is 0 Å². The van der Waals surface area contributed by atoms with Crippen LogP contribution >= 0.6 is 11.6 Å². The van der Waals surface area contributed by atoms with Crippen LogP contribution in [0, 0.1) is 0 Å². The van der Waals surface area contributed by atoms with Crippen LogP contribution in [0.25, 0.3) is 0 Å². The van der Waals surface area contributed by atoms with Crippen molar-refractivity contribution < 1.29 is 14.0 Å². The van der Waals surface area contributed by atoms with Gasteiger partial charge in [-0.2, -0.15) is 0 Å². The Bertz CT molecular complexity index is 857. The van der Waals surface area contributed by atoms with Gasteiger partial charge in [0.25, 0.3) is 5.91 Å². The third-order valence-corrected chi connectivity index (χ3v) is 3.70. The molecule has 0 aliphatic carbocycles. The predicted molar refractivity (Wildman–Crippen MR) is 96.9 cm³/mol. The first kappa shape index (κ1) is 16.8. The van der Waals surface area contributed by atoms with Crippen LogP contribution in [0.4, 0.5) is 11.4 Å². The Morgan fingerprint density at radius 3 is 2.12 bits per heavy atom. The summed E-state index contributed by atoms with van der Waals surface area (Å²) >= 11 is 5.83. The third kappa shape index (κ3) is 4.71. The van der Waals surface area contributed by atoms with Crippen LogP contribution in [0.2, 0.25) is 5.02 Å². The molecule has 0 unspecified atom stereocenters. The van der Waals surface area contributed by atoms with Crippen molar-refractivity contribution in [2.75, 3.05) is 10.6 Å². The normalized spacial score (nSPS) is 10.3. The van der Waals surface area contributed by atoms with Crippen molar-refractivity contribution in [2.24, 2.45) is 0 Å². The minimum atomic E-state index is -0.329. The van der Waals surface area contributed by atoms with E-state index >= 15 is 0 Å². The summed E-state index contributed by atoms with van der Waals surface area (Å²) in [6, 6.07) is 17.2. The second-order valence-electron chi connectivity index (χ2n) is 5.36. The molecule has 0 fully saturated rings. The highest BCUT2D eigenvalue weighted by Crippen LogP contribution is 2.16. The number of hydrogen-bond acceptors (Lipinski definition) is 3. The number of halogens is 1. The minimum absolute atomic E-state index is 0.130. The van der Waals surface area contributed by atoms with Crippen LogP contribution in [-0.2, 0) is 11.2 Å². The van der Waals surface area contributed by atoms with Crippen LogP contribution < -0.4 is 10.6 Å². The van der Waals surface area contributed by atoms with Crippen LogP contribution in [-0.4, -0.2) is 11.8 Å². The summed E-state index contributed by atoms with van der Waals surface area (Å²) in [4.78, 5) is 23.9. The van der Waals surface area contributed by atoms with Crippen molar-refractivity contribution >= 4 is 34.8 Å². The average molecular weight is 355 g/mol. The minimum Gasteiger partial charge on any atom is -0.459 e. The molecule has 0 saturated heterocycles. The summed E-state index contributed by atoms with van der Waals surface area (Å²) < 4.78 is 5.03. The lowest BCUT2D eigenvalue weighted by atomic mass is 10.1. The van der Waals surface area contributed by atoms with E-state index in [-0.39, 0.29) is 24.0 Å². The fourth-order valence-electron chi connectivity index (χ4n) is 2.23. The molecule has 1 heterocycles. The SMILES string of the molecule is O=C(Cc1ccc(Cl)cc1)Nc1ccc(NC(=O)c2ccco2)cc1. The zero-order valence-electron chi connectivity index (χ0n) is 13.2. The average Bonchev–Trinajstić information content (AvgIpc) is 3.13. The maximum atomic E-state index is 12.1. The molecule has 25 heavy (non-hydrogen) atoms. The van der Waals surface area contributed by atoms with Crippen molar-refractivity contribution in [3.8, 4) is 0 Å². The lowest BCUT2D eigenvalue weighted by Gasteiger charge is -2.07. The number of hydrogen-bond donors (Lipinski definition) is 2. The number of rotatable bonds is 5. The molecule has 2 N–H and O–H groups in total. The zero-order chi connectivity index (χ0) is 17.6. The summed E-state index contributed by atoms with van der Waals surface area (Å²) in [5.74, 6) is -0.223. The van der Waals surface area contributed by atoms with Gasteiger partial charge in [0.1, 0.15) is 0 Å². The number of carbonyl (C=O) groups is 2. The van der Waals surface area contributed by atoms with Crippen LogP contribution in [0.5, 0.6) is 0 Å². The van der Waals surface area contributed by atoms with Gasteiger partial charge >= 0.3 is 0 Å². The second-order valence-corrected chi connectivity index (χ2v) is 5.80. The van der Waals surface area contributed by atoms with E-state index in [2.05, 4.69) is 10.6 Å². The lowest BCUT2D eigenvalue weighted by molar-refractivity contribution is -0.115. The van der Waals surface area contributed by atoms with E-state index in [1.54, 1.807) is 48.5 Å². The highest BCUT2D eigenvalue weighted by molar-refractivity contribution is 6.30. The topological polar surface area (TPSA) is 71.3 Å². The number of furan rings is 1. The van der Waals surface area contributed by atoms with E-state index in [1.807, 2.05) is 12.1 Å². The highest BCUT2D eigenvalue weighted by Gasteiger charge is 2.09. The van der Waals surface area contributed by atoms with Gasteiger partial charge in [0.15, 0.2) is 5.76 Å². The molecule has 0 saturated carbocycles. The van der Waals surface area contributed by atoms with Crippen molar-refractivity contribution in [2.45, 2.75) is 6.42 Å². The summed E-state index contributed by atoms with van der Waals surface area (Å²) in [7, 11) is 0. The van der Waals surface area contributed by atoms with Crippen molar-refractivity contribution in [3.63, 3.8) is 0 Å². The smallest absolute Gasteiger partial charge is 0.291 e. The maximum Gasteiger partial charge on any atom is 0.291 e. The first-order valence-corrected chi connectivity index (χ1v) is 7.97. The zero-order valence-corrected chi connectivity index (χ0v) is 13.9. The first-order chi connectivity index (χ1) is 12.1. The summed E-state index contributed by atoms with van der Waals surface area (Å²) in [6.07, 6.45) is 1.70. The molecule has 2 amide bonds. The number of carbonyl (C=O) groups excluding carboxylic acids is 2. The summed E-state index contributed by atoms with van der Waals surface area (Å²) in [5.41, 5.74) is 2.14. The molecule has 0 aliphatic rings. The van der Waals surface area contributed by atoms with E-state index in [0.717, 1.165) is 5.56 Å². The molecule has 0 radical (unpaired) electrons. The standard InChI is InChI=1S/C19H15ClN2O3/c20-14-5-3-13(4-6-14)12-18(23)21-15-7-9-16(10-8-15)22-19(24)17-2-1-11-25-17/h1-11H,12H2,(H,21,23)(H,22,24). The molecule has 0 bridgehead atoms. The monoisotopic (exact) mass is 354 g/mol. The van der Waals surface area contributed by atoms with E-state index in [9.17, 15) is 9.59 Å². The number of anilines is 2. The van der Waals surface area contributed by atoms with E-state index in [4.69, 9.17) is 16.0 Å². The van der Waals surface area contributed by atoms with E-state index in [0.29, 0.717) is 16.4 Å². The third-order valence-electron chi connectivity index (χ3n) is 3.45. The van der Waals surface area contributed by atoms with Gasteiger partial charge in [-0.05, 0) is 54.1 Å². The van der Waals surface area contributed by atoms with Gasteiger partial charge in [0.2, 0.25) is 5.91 Å². The molecule has 3 aromatic rings. The molecule has 0 atom stereocenters. The van der Waals surface area contributed by atoms with Crippen molar-refractivity contribution in [3.05, 3.63) is 83.3 Å². The van der Waals surface area contributed by atoms with Crippen LogP contribution in [0.1, 0.15) is 16.1 Å². The fourth-order valence-corrected chi connectivity index (χ4v) is 2.36. The molecule has 1 aromatic heterocycles. The van der Waals surface area contributed by atoms with E-state index in [1.165, 1.54) is 6.26 Å². The van der Waals surface area contributed by atoms with Gasteiger partial charge in [0.05, 0.1) is 12.7 Å². The molecule has 126 valence electrons. The number of nitrogens with one attached hydrogen (secondary N) is 2.